The molecule has 1 fully saturated rings. The second-order valence-electron chi connectivity index (χ2n) is 13.4. The first-order valence-electron chi connectivity index (χ1n) is 19.0. The molecule has 0 aliphatic carbocycles. The fourth-order valence-corrected chi connectivity index (χ4v) is 6.26. The third kappa shape index (κ3) is 19.1. The van der Waals surface area contributed by atoms with Gasteiger partial charge >= 0.3 is 0 Å². The van der Waals surface area contributed by atoms with Gasteiger partial charge in [0.25, 0.3) is 0 Å². The predicted octanol–water partition coefficient (Wildman–Crippen LogP) is 4.44. The minimum absolute atomic E-state index is 0.142. The van der Waals surface area contributed by atoms with Crippen LogP contribution in [0.15, 0.2) is 0 Å². The van der Waals surface area contributed by atoms with Gasteiger partial charge in [0.15, 0.2) is 6.23 Å². The highest BCUT2D eigenvalue weighted by Crippen LogP contribution is 2.26. The fourth-order valence-electron chi connectivity index (χ4n) is 6.26. The summed E-state index contributed by atoms with van der Waals surface area (Å²) in [7, 11) is 0. The largest absolute Gasteiger partial charge is 0.394 e. The van der Waals surface area contributed by atoms with Gasteiger partial charge in [-0.05, 0) is 12.8 Å². The summed E-state index contributed by atoms with van der Waals surface area (Å²) in [5.74, 6) is -1.27. The first kappa shape index (κ1) is 43.2. The van der Waals surface area contributed by atoms with Crippen molar-refractivity contribution < 1.29 is 34.4 Å². The Labute approximate surface area is 285 Å². The maximum absolute atomic E-state index is 13.7. The van der Waals surface area contributed by atoms with Gasteiger partial charge in [0.2, 0.25) is 17.7 Å². The van der Waals surface area contributed by atoms with Crippen LogP contribution >= 0.6 is 0 Å². The Morgan fingerprint density at radius 2 is 1.15 bits per heavy atom. The number of unbranched alkanes of at least 4 members (excludes halogenated alkanes) is 19. The quantitative estimate of drug-likeness (QED) is 0.0634. The van der Waals surface area contributed by atoms with E-state index in [-0.39, 0.29) is 19.0 Å². The molecule has 1 heterocycles. The molecule has 1 aliphatic rings. The molecule has 0 radical (unpaired) electrons. The summed E-state index contributed by atoms with van der Waals surface area (Å²) in [5, 5.41) is 36.6. The summed E-state index contributed by atoms with van der Waals surface area (Å²) in [5.41, 5.74) is 5.31. The van der Waals surface area contributed by atoms with Gasteiger partial charge in [0, 0.05) is 13.0 Å². The summed E-state index contributed by atoms with van der Waals surface area (Å²) in [4.78, 5) is 39.6. The van der Waals surface area contributed by atoms with Gasteiger partial charge in [0.1, 0.15) is 24.4 Å². The van der Waals surface area contributed by atoms with Crippen LogP contribution in [0.4, 0.5) is 0 Å². The molecule has 0 saturated carbocycles. The maximum atomic E-state index is 13.7. The van der Waals surface area contributed by atoms with E-state index < -0.39 is 49.0 Å². The van der Waals surface area contributed by atoms with E-state index in [0.29, 0.717) is 13.0 Å². The standard InChI is InChI=1S/C36H70N4O7/c1-3-5-7-9-11-13-14-15-17-19-21-23-25-40(32(44)24-22-20-18-16-12-10-8-6-4-2)36-33(35(46)34(45)29(28-41)47-36)39-31(43)27-38-30(42)26-37/h29,33-36,41,45-46H,3-28,37H2,1-2H3,(H,38,42)(H,39,43)/t29-,33-,34-,35-,36-/m1/s1. The summed E-state index contributed by atoms with van der Waals surface area (Å²) < 4.78 is 6.03. The summed E-state index contributed by atoms with van der Waals surface area (Å²) in [6.45, 7) is 3.61. The average molecular weight is 671 g/mol. The molecule has 11 nitrogen and oxygen atoms in total. The highest BCUT2D eigenvalue weighted by molar-refractivity contribution is 5.85. The summed E-state index contributed by atoms with van der Waals surface area (Å²) in [6.07, 6.45) is 19.5. The maximum Gasteiger partial charge on any atom is 0.239 e. The molecule has 276 valence electrons. The molecule has 11 heteroatoms. The minimum atomic E-state index is -1.50. The Hall–Kier alpha value is -1.79. The van der Waals surface area contributed by atoms with Crippen molar-refractivity contribution in [3.05, 3.63) is 0 Å². The average Bonchev–Trinajstić information content (AvgIpc) is 3.07. The van der Waals surface area contributed by atoms with Gasteiger partial charge in [0.05, 0.1) is 19.7 Å². The normalized spacial score (nSPS) is 21.0. The number of carbonyl (C=O) groups is 3. The van der Waals surface area contributed by atoms with E-state index in [4.69, 9.17) is 10.5 Å². The molecule has 0 aromatic rings. The molecule has 47 heavy (non-hydrogen) atoms. The molecule has 1 saturated heterocycles. The number of amides is 3. The first-order chi connectivity index (χ1) is 22.8. The van der Waals surface area contributed by atoms with E-state index in [1.54, 1.807) is 4.90 Å². The van der Waals surface area contributed by atoms with Crippen molar-refractivity contribution in [2.75, 3.05) is 26.2 Å². The van der Waals surface area contributed by atoms with Crippen molar-refractivity contribution in [2.45, 2.75) is 186 Å². The van der Waals surface area contributed by atoms with Crippen LogP contribution in [0.1, 0.15) is 155 Å². The SMILES string of the molecule is CCCCCCCCCCCCCCN(C(=O)CCCCCCCCCCC)[C@@H]1O[C@H](CO)[C@@H](O)[C@H](O)[C@H]1NC(=O)CNC(=O)CN. The number of hydrogen-bond donors (Lipinski definition) is 6. The zero-order chi connectivity index (χ0) is 34.7. The van der Waals surface area contributed by atoms with Gasteiger partial charge in [-0.15, -0.1) is 0 Å². The van der Waals surface area contributed by atoms with E-state index in [1.165, 1.54) is 83.5 Å². The molecule has 7 N–H and O–H groups in total. The van der Waals surface area contributed by atoms with Gasteiger partial charge in [-0.2, -0.15) is 0 Å². The Morgan fingerprint density at radius 1 is 0.681 bits per heavy atom. The van der Waals surface area contributed by atoms with Crippen LogP contribution in [0.5, 0.6) is 0 Å². The van der Waals surface area contributed by atoms with Gasteiger partial charge in [-0.25, -0.2) is 0 Å². The molecule has 5 atom stereocenters. The Morgan fingerprint density at radius 3 is 1.62 bits per heavy atom. The van der Waals surface area contributed by atoms with Crippen molar-refractivity contribution in [1.29, 1.82) is 0 Å². The second-order valence-corrected chi connectivity index (χ2v) is 13.4. The number of hydrogen-bond acceptors (Lipinski definition) is 8. The molecule has 0 aromatic carbocycles. The molecular formula is C36H70N4O7. The second kappa shape index (κ2) is 28.1. The lowest BCUT2D eigenvalue weighted by Gasteiger charge is -2.47. The zero-order valence-electron chi connectivity index (χ0n) is 29.8. The van der Waals surface area contributed by atoms with Crippen LogP contribution in [-0.2, 0) is 19.1 Å². The van der Waals surface area contributed by atoms with E-state index in [0.717, 1.165) is 51.4 Å². The number of rotatable bonds is 29. The molecule has 0 aromatic heterocycles. The van der Waals surface area contributed by atoms with Gasteiger partial charge in [-0.3, -0.25) is 14.4 Å². The van der Waals surface area contributed by atoms with Crippen molar-refractivity contribution in [1.82, 2.24) is 15.5 Å². The lowest BCUT2D eigenvalue weighted by atomic mass is 9.94. The number of nitrogens with zero attached hydrogens (tertiary/aromatic N) is 1. The Bertz CT molecular complexity index is 818. The number of aliphatic hydroxyl groups is 3. The first-order valence-corrected chi connectivity index (χ1v) is 19.0. The molecule has 3 amide bonds. The van der Waals surface area contributed by atoms with Crippen LogP contribution in [-0.4, -0.2) is 94.8 Å². The molecule has 1 rings (SSSR count). The monoisotopic (exact) mass is 671 g/mol. The number of ether oxygens (including phenoxy) is 1. The third-order valence-corrected chi connectivity index (χ3v) is 9.23. The van der Waals surface area contributed by atoms with Crippen molar-refractivity contribution in [2.24, 2.45) is 5.73 Å². The smallest absolute Gasteiger partial charge is 0.239 e. The van der Waals surface area contributed by atoms with E-state index in [2.05, 4.69) is 24.5 Å². The van der Waals surface area contributed by atoms with Crippen LogP contribution in [0, 0.1) is 0 Å². The third-order valence-electron chi connectivity index (χ3n) is 9.23. The van der Waals surface area contributed by atoms with Crippen LogP contribution in [0.25, 0.3) is 0 Å². The number of aliphatic hydroxyl groups excluding tert-OH is 3. The number of nitrogens with two attached hydrogens (primary N) is 1. The number of nitrogens with one attached hydrogen (secondary N) is 2. The molecule has 1 aliphatic heterocycles. The van der Waals surface area contributed by atoms with Crippen molar-refractivity contribution >= 4 is 17.7 Å². The highest BCUT2D eigenvalue weighted by atomic mass is 16.5. The summed E-state index contributed by atoms with van der Waals surface area (Å²) >= 11 is 0. The van der Waals surface area contributed by atoms with Crippen molar-refractivity contribution in [3.8, 4) is 0 Å². The topological polar surface area (TPSA) is 174 Å². The van der Waals surface area contributed by atoms with Crippen LogP contribution in [0.2, 0.25) is 0 Å². The minimum Gasteiger partial charge on any atom is -0.394 e. The Kier molecular flexibility index (Phi) is 25.8. The van der Waals surface area contributed by atoms with Gasteiger partial charge < -0.3 is 41.3 Å². The van der Waals surface area contributed by atoms with E-state index in [9.17, 15) is 29.7 Å². The fraction of sp³-hybridized carbons (Fsp3) is 0.917. The predicted molar refractivity (Wildman–Crippen MR) is 186 cm³/mol. The van der Waals surface area contributed by atoms with Gasteiger partial charge in [-0.1, -0.05) is 136 Å². The van der Waals surface area contributed by atoms with Crippen molar-refractivity contribution in [3.63, 3.8) is 0 Å². The summed E-state index contributed by atoms with van der Waals surface area (Å²) in [6, 6.07) is -1.15. The molecule has 0 spiro atoms. The van der Waals surface area contributed by atoms with E-state index >= 15 is 0 Å². The molecule has 0 bridgehead atoms. The van der Waals surface area contributed by atoms with E-state index in [1.807, 2.05) is 0 Å². The zero-order valence-corrected chi connectivity index (χ0v) is 29.8. The molecular weight excluding hydrogens is 600 g/mol. The lowest BCUT2D eigenvalue weighted by Crippen LogP contribution is -2.69. The van der Waals surface area contributed by atoms with Crippen LogP contribution in [0.3, 0.4) is 0 Å². The number of carbonyl (C=O) groups excluding carboxylic acids is 3. The Balaban J connectivity index is 2.81. The lowest BCUT2D eigenvalue weighted by molar-refractivity contribution is -0.231. The van der Waals surface area contributed by atoms with Crippen LogP contribution < -0.4 is 16.4 Å². The highest BCUT2D eigenvalue weighted by Gasteiger charge is 2.48. The molecule has 0 unspecified atom stereocenters.